The standard InChI is InChI=1S/C6H8BrN3S/c7-6-8-5(9-11-6)4-10-2-1-3-10/h1-4H2. The zero-order valence-electron chi connectivity index (χ0n) is 5.96. The van der Waals surface area contributed by atoms with Crippen LogP contribution in [0.2, 0.25) is 0 Å². The molecule has 0 aromatic carbocycles. The fraction of sp³-hybridized carbons (Fsp3) is 0.667. The molecule has 60 valence electrons. The minimum atomic E-state index is 0.882. The lowest BCUT2D eigenvalue weighted by Gasteiger charge is -2.29. The maximum Gasteiger partial charge on any atom is 0.179 e. The van der Waals surface area contributed by atoms with Crippen molar-refractivity contribution in [3.8, 4) is 0 Å². The number of hydrogen-bond donors (Lipinski definition) is 0. The molecule has 0 aliphatic carbocycles. The van der Waals surface area contributed by atoms with Crippen molar-refractivity contribution in [2.24, 2.45) is 0 Å². The third kappa shape index (κ3) is 1.77. The molecule has 0 spiro atoms. The predicted octanol–water partition coefficient (Wildman–Crippen LogP) is 1.51. The van der Waals surface area contributed by atoms with E-state index in [4.69, 9.17) is 0 Å². The van der Waals surface area contributed by atoms with Crippen molar-refractivity contribution in [2.75, 3.05) is 13.1 Å². The van der Waals surface area contributed by atoms with E-state index in [1.165, 1.54) is 31.0 Å². The van der Waals surface area contributed by atoms with Crippen LogP contribution in [-0.2, 0) is 6.54 Å². The first kappa shape index (κ1) is 7.64. The zero-order valence-corrected chi connectivity index (χ0v) is 8.36. The molecule has 2 rings (SSSR count). The molecule has 3 nitrogen and oxygen atoms in total. The Balaban J connectivity index is 1.95. The summed E-state index contributed by atoms with van der Waals surface area (Å²) in [5.74, 6) is 0.946. The van der Waals surface area contributed by atoms with Crippen LogP contribution in [0.5, 0.6) is 0 Å². The summed E-state index contributed by atoms with van der Waals surface area (Å²) in [6.07, 6.45) is 1.32. The predicted molar refractivity (Wildman–Crippen MR) is 47.5 cm³/mol. The van der Waals surface area contributed by atoms with E-state index in [1.54, 1.807) is 0 Å². The fourth-order valence-corrected chi connectivity index (χ4v) is 1.88. The number of nitrogens with zero attached hydrogens (tertiary/aromatic N) is 3. The molecule has 1 aromatic rings. The van der Waals surface area contributed by atoms with Gasteiger partial charge in [-0.05, 0) is 47.0 Å². The molecule has 0 N–H and O–H groups in total. The molecule has 1 aliphatic heterocycles. The van der Waals surface area contributed by atoms with Gasteiger partial charge in [0.25, 0.3) is 0 Å². The zero-order chi connectivity index (χ0) is 7.68. The minimum Gasteiger partial charge on any atom is -0.296 e. The van der Waals surface area contributed by atoms with E-state index in [0.29, 0.717) is 0 Å². The van der Waals surface area contributed by atoms with Gasteiger partial charge in [-0.15, -0.1) is 0 Å². The van der Waals surface area contributed by atoms with Gasteiger partial charge in [0, 0.05) is 0 Å². The van der Waals surface area contributed by atoms with Crippen molar-refractivity contribution in [1.82, 2.24) is 14.3 Å². The molecule has 1 aliphatic rings. The maximum absolute atomic E-state index is 4.21. The van der Waals surface area contributed by atoms with Crippen LogP contribution in [0.3, 0.4) is 0 Å². The number of likely N-dealkylation sites (tertiary alicyclic amines) is 1. The van der Waals surface area contributed by atoms with E-state index in [2.05, 4.69) is 30.2 Å². The summed E-state index contributed by atoms with van der Waals surface area (Å²) in [6.45, 7) is 3.33. The number of hydrogen-bond acceptors (Lipinski definition) is 4. The molecule has 0 amide bonds. The summed E-state index contributed by atoms with van der Waals surface area (Å²) in [6, 6.07) is 0. The third-order valence-corrected chi connectivity index (χ3v) is 2.91. The first-order valence-corrected chi connectivity index (χ1v) is 5.12. The molecule has 5 heteroatoms. The highest BCUT2D eigenvalue weighted by molar-refractivity contribution is 9.11. The monoisotopic (exact) mass is 233 g/mol. The molecule has 0 radical (unpaired) electrons. The molecule has 11 heavy (non-hydrogen) atoms. The van der Waals surface area contributed by atoms with Crippen molar-refractivity contribution < 1.29 is 0 Å². The Hall–Kier alpha value is -0.0000000000000000555. The van der Waals surface area contributed by atoms with Gasteiger partial charge in [-0.3, -0.25) is 4.90 Å². The molecule has 1 saturated heterocycles. The highest BCUT2D eigenvalue weighted by atomic mass is 79.9. The second-order valence-electron chi connectivity index (χ2n) is 2.59. The van der Waals surface area contributed by atoms with Gasteiger partial charge in [0.15, 0.2) is 9.74 Å². The number of halogens is 1. The van der Waals surface area contributed by atoms with Crippen LogP contribution in [0.15, 0.2) is 3.92 Å². The molecule has 0 atom stereocenters. The van der Waals surface area contributed by atoms with Crippen LogP contribution < -0.4 is 0 Å². The lowest BCUT2D eigenvalue weighted by molar-refractivity contribution is 0.169. The van der Waals surface area contributed by atoms with Gasteiger partial charge in [0.05, 0.1) is 6.54 Å². The molecule has 0 saturated carbocycles. The second kappa shape index (κ2) is 3.16. The second-order valence-corrected chi connectivity index (χ2v) is 4.62. The summed E-state index contributed by atoms with van der Waals surface area (Å²) in [5.41, 5.74) is 0. The van der Waals surface area contributed by atoms with Crippen molar-refractivity contribution in [1.29, 1.82) is 0 Å². The van der Waals surface area contributed by atoms with E-state index < -0.39 is 0 Å². The molecule has 1 aromatic heterocycles. The summed E-state index contributed by atoms with van der Waals surface area (Å²) in [7, 11) is 0. The summed E-state index contributed by atoms with van der Waals surface area (Å²) >= 11 is 4.70. The van der Waals surface area contributed by atoms with E-state index in [-0.39, 0.29) is 0 Å². The lowest BCUT2D eigenvalue weighted by atomic mass is 10.2. The van der Waals surface area contributed by atoms with E-state index >= 15 is 0 Å². The van der Waals surface area contributed by atoms with E-state index in [9.17, 15) is 0 Å². The van der Waals surface area contributed by atoms with Crippen molar-refractivity contribution in [3.63, 3.8) is 0 Å². The molecule has 0 bridgehead atoms. The fourth-order valence-electron chi connectivity index (χ4n) is 1.04. The molecule has 2 heterocycles. The van der Waals surface area contributed by atoms with Crippen molar-refractivity contribution in [2.45, 2.75) is 13.0 Å². The summed E-state index contributed by atoms with van der Waals surface area (Å²) in [4.78, 5) is 6.56. The van der Waals surface area contributed by atoms with Gasteiger partial charge in [-0.25, -0.2) is 4.98 Å². The Kier molecular flexibility index (Phi) is 2.20. The van der Waals surface area contributed by atoms with Gasteiger partial charge in [0.1, 0.15) is 0 Å². The molecule has 0 unspecified atom stereocenters. The average Bonchev–Trinajstić information content (AvgIpc) is 2.27. The molecule has 1 fully saturated rings. The van der Waals surface area contributed by atoms with Gasteiger partial charge < -0.3 is 0 Å². The Bertz CT molecular complexity index is 246. The largest absolute Gasteiger partial charge is 0.296 e. The van der Waals surface area contributed by atoms with Crippen molar-refractivity contribution >= 4 is 27.5 Å². The van der Waals surface area contributed by atoms with Crippen LogP contribution in [0.4, 0.5) is 0 Å². The number of aromatic nitrogens is 2. The molecular weight excluding hydrogens is 226 g/mol. The topological polar surface area (TPSA) is 29.0 Å². The number of rotatable bonds is 2. The van der Waals surface area contributed by atoms with Gasteiger partial charge in [-0.1, -0.05) is 0 Å². The Labute approximate surface area is 77.7 Å². The highest BCUT2D eigenvalue weighted by Gasteiger charge is 2.15. The van der Waals surface area contributed by atoms with Crippen LogP contribution in [-0.4, -0.2) is 27.3 Å². The SMILES string of the molecule is Brc1nc(CN2CCC2)ns1. The minimum absolute atomic E-state index is 0.882. The first-order valence-electron chi connectivity index (χ1n) is 3.55. The Morgan fingerprint density at radius 3 is 2.82 bits per heavy atom. The normalized spacial score (nSPS) is 18.3. The summed E-state index contributed by atoms with van der Waals surface area (Å²) < 4.78 is 5.06. The van der Waals surface area contributed by atoms with Gasteiger partial charge >= 0.3 is 0 Å². The third-order valence-electron chi connectivity index (χ3n) is 1.76. The Morgan fingerprint density at radius 2 is 2.36 bits per heavy atom. The summed E-state index contributed by atoms with van der Waals surface area (Å²) in [5, 5.41) is 0. The van der Waals surface area contributed by atoms with E-state index in [0.717, 1.165) is 16.3 Å². The smallest absolute Gasteiger partial charge is 0.179 e. The lowest BCUT2D eigenvalue weighted by Crippen LogP contribution is -2.36. The van der Waals surface area contributed by atoms with Crippen molar-refractivity contribution in [3.05, 3.63) is 9.74 Å². The van der Waals surface area contributed by atoms with Crippen LogP contribution in [0.1, 0.15) is 12.2 Å². The maximum atomic E-state index is 4.21. The van der Waals surface area contributed by atoms with E-state index in [1.807, 2.05) is 0 Å². The van der Waals surface area contributed by atoms with Crippen LogP contribution >= 0.6 is 27.5 Å². The first-order chi connectivity index (χ1) is 5.34. The average molecular weight is 234 g/mol. The van der Waals surface area contributed by atoms with Crippen LogP contribution in [0, 0.1) is 0 Å². The Morgan fingerprint density at radius 1 is 1.55 bits per heavy atom. The van der Waals surface area contributed by atoms with Gasteiger partial charge in [0.2, 0.25) is 0 Å². The van der Waals surface area contributed by atoms with Gasteiger partial charge in [-0.2, -0.15) is 4.37 Å². The quantitative estimate of drug-likeness (QED) is 0.776. The van der Waals surface area contributed by atoms with Crippen LogP contribution in [0.25, 0.3) is 0 Å². The molecular formula is C6H8BrN3S. The highest BCUT2D eigenvalue weighted by Crippen LogP contribution is 2.15.